The lowest BCUT2D eigenvalue weighted by molar-refractivity contribution is -0.119. The van der Waals surface area contributed by atoms with E-state index in [1.54, 1.807) is 0 Å². The predicted molar refractivity (Wildman–Crippen MR) is 101 cm³/mol. The standard InChI is InChI=1S/C20H25N3O2/c1-14-5-8-19(9-6-14)23-15(2)13-18(16(23)3)7-10-20(25)22-12-11-21-17(4)24/h5-10,13H,11-12H2,1-4H3,(H,21,24)(H,22,25). The van der Waals surface area contributed by atoms with Gasteiger partial charge in [-0.25, -0.2) is 0 Å². The van der Waals surface area contributed by atoms with Crippen LogP contribution >= 0.6 is 0 Å². The zero-order valence-electron chi connectivity index (χ0n) is 15.2. The monoisotopic (exact) mass is 339 g/mol. The second-order valence-corrected chi connectivity index (χ2v) is 6.10. The average molecular weight is 339 g/mol. The van der Waals surface area contributed by atoms with Gasteiger partial charge in [0.2, 0.25) is 11.8 Å². The minimum Gasteiger partial charge on any atom is -0.355 e. The van der Waals surface area contributed by atoms with Gasteiger partial charge in [-0.1, -0.05) is 17.7 Å². The van der Waals surface area contributed by atoms with Crippen molar-refractivity contribution in [2.24, 2.45) is 0 Å². The van der Waals surface area contributed by atoms with E-state index < -0.39 is 0 Å². The van der Waals surface area contributed by atoms with E-state index in [2.05, 4.69) is 59.4 Å². The summed E-state index contributed by atoms with van der Waals surface area (Å²) < 4.78 is 2.17. The minimum absolute atomic E-state index is 0.103. The summed E-state index contributed by atoms with van der Waals surface area (Å²) in [6.07, 6.45) is 3.34. The highest BCUT2D eigenvalue weighted by Crippen LogP contribution is 2.22. The van der Waals surface area contributed by atoms with Crippen molar-refractivity contribution < 1.29 is 9.59 Å². The molecular weight excluding hydrogens is 314 g/mol. The SMILES string of the molecule is CC(=O)NCCNC(=O)C=Cc1cc(C)n(-c2ccc(C)cc2)c1C. The third-order valence-electron chi connectivity index (χ3n) is 3.97. The van der Waals surface area contributed by atoms with Crippen LogP contribution in [-0.4, -0.2) is 29.5 Å². The molecule has 25 heavy (non-hydrogen) atoms. The molecule has 5 heteroatoms. The van der Waals surface area contributed by atoms with Gasteiger partial charge in [0.05, 0.1) is 0 Å². The Morgan fingerprint density at radius 2 is 1.68 bits per heavy atom. The van der Waals surface area contributed by atoms with Crippen LogP contribution in [0.3, 0.4) is 0 Å². The number of amides is 2. The van der Waals surface area contributed by atoms with Gasteiger partial charge >= 0.3 is 0 Å². The maximum absolute atomic E-state index is 11.9. The number of aryl methyl sites for hydroxylation is 2. The third kappa shape index (κ3) is 5.08. The zero-order valence-corrected chi connectivity index (χ0v) is 15.2. The first kappa shape index (κ1) is 18.5. The van der Waals surface area contributed by atoms with E-state index in [1.807, 2.05) is 13.0 Å². The molecule has 1 aromatic carbocycles. The van der Waals surface area contributed by atoms with Crippen LogP contribution in [0.5, 0.6) is 0 Å². The number of hydrogen-bond donors (Lipinski definition) is 2. The fourth-order valence-electron chi connectivity index (χ4n) is 2.70. The molecule has 132 valence electrons. The van der Waals surface area contributed by atoms with Crippen molar-refractivity contribution in [3.63, 3.8) is 0 Å². The van der Waals surface area contributed by atoms with E-state index in [9.17, 15) is 9.59 Å². The Morgan fingerprint density at radius 1 is 1.04 bits per heavy atom. The number of nitrogens with zero attached hydrogens (tertiary/aromatic N) is 1. The molecule has 0 aliphatic carbocycles. The average Bonchev–Trinajstić information content (AvgIpc) is 2.84. The van der Waals surface area contributed by atoms with Gasteiger partial charge in [-0.05, 0) is 50.6 Å². The van der Waals surface area contributed by atoms with Crippen molar-refractivity contribution >= 4 is 17.9 Å². The van der Waals surface area contributed by atoms with Crippen LogP contribution in [0.1, 0.15) is 29.4 Å². The summed E-state index contributed by atoms with van der Waals surface area (Å²) >= 11 is 0. The zero-order chi connectivity index (χ0) is 18.4. The summed E-state index contributed by atoms with van der Waals surface area (Å²) in [5.41, 5.74) is 5.55. The van der Waals surface area contributed by atoms with E-state index in [-0.39, 0.29) is 11.8 Å². The maximum atomic E-state index is 11.9. The lowest BCUT2D eigenvalue weighted by atomic mass is 10.2. The molecule has 0 radical (unpaired) electrons. The largest absolute Gasteiger partial charge is 0.355 e. The summed E-state index contributed by atoms with van der Waals surface area (Å²) in [7, 11) is 0. The van der Waals surface area contributed by atoms with Crippen LogP contribution in [0.25, 0.3) is 11.8 Å². The van der Waals surface area contributed by atoms with Gasteiger partial charge in [0.25, 0.3) is 0 Å². The van der Waals surface area contributed by atoms with Gasteiger partial charge in [-0.2, -0.15) is 0 Å². The van der Waals surface area contributed by atoms with Gasteiger partial charge in [-0.3, -0.25) is 9.59 Å². The Hall–Kier alpha value is -2.82. The summed E-state index contributed by atoms with van der Waals surface area (Å²) in [4.78, 5) is 22.6. The van der Waals surface area contributed by atoms with Crippen LogP contribution in [-0.2, 0) is 9.59 Å². The molecule has 0 fully saturated rings. The van der Waals surface area contributed by atoms with Crippen LogP contribution in [0.4, 0.5) is 0 Å². The highest BCUT2D eigenvalue weighted by atomic mass is 16.2. The molecule has 2 N–H and O–H groups in total. The molecule has 0 aliphatic rings. The number of hydrogen-bond acceptors (Lipinski definition) is 2. The Morgan fingerprint density at radius 3 is 2.32 bits per heavy atom. The van der Waals surface area contributed by atoms with Crippen LogP contribution < -0.4 is 10.6 Å². The lowest BCUT2D eigenvalue weighted by Gasteiger charge is -2.09. The van der Waals surface area contributed by atoms with Crippen molar-refractivity contribution in [1.29, 1.82) is 0 Å². The van der Waals surface area contributed by atoms with Crippen molar-refractivity contribution in [1.82, 2.24) is 15.2 Å². The second kappa shape index (κ2) is 8.33. The fraction of sp³-hybridized carbons (Fsp3) is 0.300. The van der Waals surface area contributed by atoms with Crippen LogP contribution in [0, 0.1) is 20.8 Å². The molecule has 0 aliphatic heterocycles. The number of rotatable bonds is 6. The lowest BCUT2D eigenvalue weighted by Crippen LogP contribution is -2.32. The summed E-state index contributed by atoms with van der Waals surface area (Å²) in [5, 5.41) is 5.38. The topological polar surface area (TPSA) is 63.1 Å². The van der Waals surface area contributed by atoms with Crippen LogP contribution in [0.2, 0.25) is 0 Å². The molecule has 0 saturated heterocycles. The Bertz CT molecular complexity index is 786. The number of benzene rings is 1. The van der Waals surface area contributed by atoms with E-state index in [1.165, 1.54) is 18.6 Å². The molecular formula is C20H25N3O2. The number of carbonyl (C=O) groups is 2. The van der Waals surface area contributed by atoms with Gasteiger partial charge in [0.1, 0.15) is 0 Å². The quantitative estimate of drug-likeness (QED) is 0.628. The Labute approximate surface area is 148 Å². The third-order valence-corrected chi connectivity index (χ3v) is 3.97. The van der Waals surface area contributed by atoms with Gasteiger partial charge in [0.15, 0.2) is 0 Å². The van der Waals surface area contributed by atoms with Crippen molar-refractivity contribution in [3.8, 4) is 5.69 Å². The number of carbonyl (C=O) groups excluding carboxylic acids is 2. The number of aromatic nitrogens is 1. The first-order valence-electron chi connectivity index (χ1n) is 8.35. The molecule has 2 rings (SSSR count). The highest BCUT2D eigenvalue weighted by Gasteiger charge is 2.09. The molecule has 5 nitrogen and oxygen atoms in total. The molecule has 2 aromatic rings. The van der Waals surface area contributed by atoms with Crippen molar-refractivity contribution in [3.05, 3.63) is 58.9 Å². The molecule has 2 amide bonds. The molecule has 0 spiro atoms. The predicted octanol–water partition coefficient (Wildman–Crippen LogP) is 2.67. The summed E-state index contributed by atoms with van der Waals surface area (Å²) in [6, 6.07) is 10.4. The van der Waals surface area contributed by atoms with Crippen molar-refractivity contribution in [2.75, 3.05) is 13.1 Å². The summed E-state index contributed by atoms with van der Waals surface area (Å²) in [5.74, 6) is -0.279. The minimum atomic E-state index is -0.175. The normalized spacial score (nSPS) is 10.9. The van der Waals surface area contributed by atoms with Gasteiger partial charge in [-0.15, -0.1) is 0 Å². The molecule has 0 unspecified atom stereocenters. The molecule has 1 heterocycles. The molecule has 0 atom stereocenters. The van der Waals surface area contributed by atoms with E-state index in [4.69, 9.17) is 0 Å². The molecule has 0 saturated carbocycles. The second-order valence-electron chi connectivity index (χ2n) is 6.10. The van der Waals surface area contributed by atoms with Crippen molar-refractivity contribution in [2.45, 2.75) is 27.7 Å². The first-order chi connectivity index (χ1) is 11.9. The Kier molecular flexibility index (Phi) is 6.17. The number of nitrogens with one attached hydrogen (secondary N) is 2. The van der Waals surface area contributed by atoms with E-state index in [0.717, 1.165) is 22.6 Å². The highest BCUT2D eigenvalue weighted by molar-refractivity contribution is 5.92. The van der Waals surface area contributed by atoms with E-state index in [0.29, 0.717) is 13.1 Å². The Balaban J connectivity index is 2.05. The fourth-order valence-corrected chi connectivity index (χ4v) is 2.70. The smallest absolute Gasteiger partial charge is 0.244 e. The van der Waals surface area contributed by atoms with E-state index >= 15 is 0 Å². The van der Waals surface area contributed by atoms with Gasteiger partial charge in [0, 0.05) is 43.2 Å². The first-order valence-corrected chi connectivity index (χ1v) is 8.35. The van der Waals surface area contributed by atoms with Gasteiger partial charge < -0.3 is 15.2 Å². The summed E-state index contributed by atoms with van der Waals surface area (Å²) in [6.45, 7) is 8.45. The van der Waals surface area contributed by atoms with Crippen LogP contribution in [0.15, 0.2) is 36.4 Å². The molecule has 0 bridgehead atoms. The maximum Gasteiger partial charge on any atom is 0.244 e. The molecule has 1 aromatic heterocycles.